The van der Waals surface area contributed by atoms with Crippen molar-refractivity contribution in [2.24, 2.45) is 0 Å². The van der Waals surface area contributed by atoms with Crippen LogP contribution in [-0.2, 0) is 0 Å². The van der Waals surface area contributed by atoms with E-state index in [2.05, 4.69) is 25.7 Å². The maximum Gasteiger partial charge on any atom is 0.0847 e. The van der Waals surface area contributed by atoms with Gasteiger partial charge in [0.25, 0.3) is 0 Å². The van der Waals surface area contributed by atoms with Gasteiger partial charge in [0.05, 0.1) is 5.50 Å². The molecule has 1 atom stereocenters. The minimum Gasteiger partial charge on any atom is -0.288 e. The van der Waals surface area contributed by atoms with E-state index in [9.17, 15) is 0 Å². The highest BCUT2D eigenvalue weighted by Crippen LogP contribution is 2.06. The second kappa shape index (κ2) is 5.07. The van der Waals surface area contributed by atoms with E-state index in [0.717, 1.165) is 19.5 Å². The molecule has 0 N–H and O–H groups in total. The molecule has 0 amide bonds. The van der Waals surface area contributed by atoms with Crippen LogP contribution in [0.3, 0.4) is 0 Å². The highest BCUT2D eigenvalue weighted by molar-refractivity contribution is 6.20. The van der Waals surface area contributed by atoms with Crippen LogP contribution in [0, 0.1) is 0 Å². The van der Waals surface area contributed by atoms with Gasteiger partial charge in [-0.2, -0.15) is 0 Å². The topological polar surface area (TPSA) is 3.24 Å². The Bertz CT molecular complexity index is 61.9. The fourth-order valence-corrected chi connectivity index (χ4v) is 1.15. The van der Waals surface area contributed by atoms with Gasteiger partial charge >= 0.3 is 0 Å². The van der Waals surface area contributed by atoms with Gasteiger partial charge in [0, 0.05) is 0 Å². The van der Waals surface area contributed by atoms with E-state index in [1.54, 1.807) is 0 Å². The smallest absolute Gasteiger partial charge is 0.0847 e. The fourth-order valence-electron chi connectivity index (χ4n) is 0.878. The standard InChI is InChI=1S/C7H16ClN/c1-4-7(8)9(5-2)6-3/h7H,4-6H2,1-3H3. The zero-order chi connectivity index (χ0) is 7.28. The highest BCUT2D eigenvalue weighted by atomic mass is 35.5. The molecule has 0 rings (SSSR count). The largest absolute Gasteiger partial charge is 0.288 e. The van der Waals surface area contributed by atoms with Crippen molar-refractivity contribution in [2.45, 2.75) is 32.7 Å². The predicted molar refractivity (Wildman–Crippen MR) is 42.9 cm³/mol. The SMILES string of the molecule is CCC(Cl)N(CC)CC. The molecule has 0 fully saturated rings. The third-order valence-electron chi connectivity index (χ3n) is 1.55. The summed E-state index contributed by atoms with van der Waals surface area (Å²) in [5.41, 5.74) is 0.236. The molecule has 0 aromatic rings. The number of hydrogen-bond acceptors (Lipinski definition) is 1. The van der Waals surface area contributed by atoms with Crippen LogP contribution >= 0.6 is 11.6 Å². The van der Waals surface area contributed by atoms with E-state index in [0.29, 0.717) is 0 Å². The molecule has 1 unspecified atom stereocenters. The van der Waals surface area contributed by atoms with Crippen molar-refractivity contribution < 1.29 is 0 Å². The molecule has 9 heavy (non-hydrogen) atoms. The van der Waals surface area contributed by atoms with Crippen molar-refractivity contribution in [3.63, 3.8) is 0 Å². The molecule has 0 aliphatic carbocycles. The monoisotopic (exact) mass is 149 g/mol. The minimum atomic E-state index is 0.236. The first-order chi connectivity index (χ1) is 4.26. The van der Waals surface area contributed by atoms with E-state index in [1.165, 1.54) is 0 Å². The zero-order valence-corrected chi connectivity index (χ0v) is 7.28. The average Bonchev–Trinajstić information content (AvgIpc) is 1.90. The Labute approximate surface area is 63.0 Å². The van der Waals surface area contributed by atoms with Crippen LogP contribution < -0.4 is 0 Å². The van der Waals surface area contributed by atoms with Gasteiger partial charge in [-0.3, -0.25) is 4.90 Å². The van der Waals surface area contributed by atoms with Crippen molar-refractivity contribution in [2.75, 3.05) is 13.1 Å². The van der Waals surface area contributed by atoms with Gasteiger partial charge in [0.2, 0.25) is 0 Å². The summed E-state index contributed by atoms with van der Waals surface area (Å²) in [5.74, 6) is 0. The van der Waals surface area contributed by atoms with Crippen molar-refractivity contribution in [3.05, 3.63) is 0 Å². The molecule has 0 radical (unpaired) electrons. The maximum atomic E-state index is 5.96. The molecule has 0 bridgehead atoms. The van der Waals surface area contributed by atoms with E-state index in [1.807, 2.05) is 0 Å². The zero-order valence-electron chi connectivity index (χ0n) is 6.52. The summed E-state index contributed by atoms with van der Waals surface area (Å²) in [6.45, 7) is 8.48. The predicted octanol–water partition coefficient (Wildman–Crippen LogP) is 2.30. The van der Waals surface area contributed by atoms with E-state index in [4.69, 9.17) is 11.6 Å². The van der Waals surface area contributed by atoms with Gasteiger partial charge in [0.15, 0.2) is 0 Å². The van der Waals surface area contributed by atoms with Gasteiger partial charge in [0.1, 0.15) is 0 Å². The maximum absolute atomic E-state index is 5.96. The lowest BCUT2D eigenvalue weighted by atomic mass is 10.4. The number of alkyl halides is 1. The van der Waals surface area contributed by atoms with E-state index < -0.39 is 0 Å². The highest BCUT2D eigenvalue weighted by Gasteiger charge is 2.07. The summed E-state index contributed by atoms with van der Waals surface area (Å²) in [5, 5.41) is 0. The lowest BCUT2D eigenvalue weighted by molar-refractivity contribution is 0.274. The fraction of sp³-hybridized carbons (Fsp3) is 1.00. The van der Waals surface area contributed by atoms with Crippen LogP contribution in [0.25, 0.3) is 0 Å². The normalized spacial score (nSPS) is 14.3. The van der Waals surface area contributed by atoms with Crippen LogP contribution in [0.5, 0.6) is 0 Å². The van der Waals surface area contributed by atoms with Crippen LogP contribution in [-0.4, -0.2) is 23.5 Å². The van der Waals surface area contributed by atoms with Crippen molar-refractivity contribution in [1.29, 1.82) is 0 Å². The Morgan fingerprint density at radius 1 is 1.22 bits per heavy atom. The summed E-state index contributed by atoms with van der Waals surface area (Å²) in [6.07, 6.45) is 1.03. The summed E-state index contributed by atoms with van der Waals surface area (Å²) >= 11 is 5.96. The molecular formula is C7H16ClN. The second-order valence-electron chi connectivity index (χ2n) is 2.06. The Balaban J connectivity index is 3.50. The number of hydrogen-bond donors (Lipinski definition) is 0. The van der Waals surface area contributed by atoms with Gasteiger partial charge in [-0.05, 0) is 19.5 Å². The first-order valence-electron chi connectivity index (χ1n) is 3.64. The van der Waals surface area contributed by atoms with Crippen LogP contribution in [0.2, 0.25) is 0 Å². The van der Waals surface area contributed by atoms with E-state index in [-0.39, 0.29) is 5.50 Å². The molecule has 0 heterocycles. The molecule has 1 nitrogen and oxygen atoms in total. The Hall–Kier alpha value is 0.250. The molecule has 56 valence electrons. The van der Waals surface area contributed by atoms with Crippen molar-refractivity contribution in [3.8, 4) is 0 Å². The quantitative estimate of drug-likeness (QED) is 0.438. The summed E-state index contributed by atoms with van der Waals surface area (Å²) in [4.78, 5) is 2.24. The lowest BCUT2D eigenvalue weighted by Gasteiger charge is -2.22. The Morgan fingerprint density at radius 2 is 1.67 bits per heavy atom. The number of nitrogens with zero attached hydrogens (tertiary/aromatic N) is 1. The summed E-state index contributed by atoms with van der Waals surface area (Å²) in [6, 6.07) is 0. The van der Waals surface area contributed by atoms with Crippen molar-refractivity contribution in [1.82, 2.24) is 4.90 Å². The Morgan fingerprint density at radius 3 is 1.78 bits per heavy atom. The lowest BCUT2D eigenvalue weighted by Crippen LogP contribution is -2.30. The van der Waals surface area contributed by atoms with Gasteiger partial charge in [-0.25, -0.2) is 0 Å². The molecular weight excluding hydrogens is 134 g/mol. The average molecular weight is 150 g/mol. The van der Waals surface area contributed by atoms with Crippen LogP contribution in [0.4, 0.5) is 0 Å². The van der Waals surface area contributed by atoms with Gasteiger partial charge in [-0.15, -0.1) is 11.6 Å². The summed E-state index contributed by atoms with van der Waals surface area (Å²) in [7, 11) is 0. The van der Waals surface area contributed by atoms with Crippen LogP contribution in [0.15, 0.2) is 0 Å². The molecule has 0 aliphatic heterocycles. The molecule has 0 aliphatic rings. The van der Waals surface area contributed by atoms with Crippen molar-refractivity contribution >= 4 is 11.6 Å². The van der Waals surface area contributed by atoms with E-state index >= 15 is 0 Å². The molecule has 0 aromatic heterocycles. The molecule has 0 spiro atoms. The number of halogens is 1. The summed E-state index contributed by atoms with van der Waals surface area (Å²) < 4.78 is 0. The minimum absolute atomic E-state index is 0.236. The molecule has 0 saturated carbocycles. The number of rotatable bonds is 4. The first-order valence-corrected chi connectivity index (χ1v) is 4.07. The molecule has 0 saturated heterocycles. The van der Waals surface area contributed by atoms with Gasteiger partial charge in [-0.1, -0.05) is 20.8 Å². The third-order valence-corrected chi connectivity index (χ3v) is 2.13. The molecule has 0 aromatic carbocycles. The first kappa shape index (κ1) is 9.25. The molecule has 2 heteroatoms. The van der Waals surface area contributed by atoms with Crippen LogP contribution in [0.1, 0.15) is 27.2 Å². The van der Waals surface area contributed by atoms with Gasteiger partial charge < -0.3 is 0 Å². The second-order valence-corrected chi connectivity index (χ2v) is 2.57. The third kappa shape index (κ3) is 3.07. The Kier molecular flexibility index (Phi) is 5.21.